The van der Waals surface area contributed by atoms with Crippen molar-refractivity contribution in [3.8, 4) is 17.2 Å². The third kappa shape index (κ3) is 3.96. The van der Waals surface area contributed by atoms with Gasteiger partial charge >= 0.3 is 0 Å². The molecule has 2 aromatic carbocycles. The van der Waals surface area contributed by atoms with Crippen LogP contribution in [0, 0.1) is 0 Å². The Labute approximate surface area is 183 Å². The molecular formula is C23H19ClN4O3. The van der Waals surface area contributed by atoms with Gasteiger partial charge < -0.3 is 14.1 Å². The fourth-order valence-corrected chi connectivity index (χ4v) is 3.67. The van der Waals surface area contributed by atoms with Gasteiger partial charge in [0.25, 0.3) is 5.91 Å². The van der Waals surface area contributed by atoms with E-state index in [2.05, 4.69) is 15.2 Å². The van der Waals surface area contributed by atoms with E-state index in [1.54, 1.807) is 24.1 Å². The Morgan fingerprint density at radius 2 is 2.00 bits per heavy atom. The molecule has 0 spiro atoms. The van der Waals surface area contributed by atoms with E-state index in [4.69, 9.17) is 20.8 Å². The van der Waals surface area contributed by atoms with Crippen LogP contribution in [-0.2, 0) is 6.54 Å². The highest BCUT2D eigenvalue weighted by molar-refractivity contribution is 6.33. The van der Waals surface area contributed by atoms with Gasteiger partial charge in [0.15, 0.2) is 0 Å². The summed E-state index contributed by atoms with van der Waals surface area (Å²) >= 11 is 6.22. The van der Waals surface area contributed by atoms with E-state index in [9.17, 15) is 4.79 Å². The lowest BCUT2D eigenvalue weighted by molar-refractivity contribution is 0.0709. The van der Waals surface area contributed by atoms with Gasteiger partial charge in [-0.25, -0.2) is 4.98 Å². The van der Waals surface area contributed by atoms with Crippen molar-refractivity contribution in [3.05, 3.63) is 71.2 Å². The normalized spacial score (nSPS) is 13.4. The second-order valence-corrected chi connectivity index (χ2v) is 7.81. The Balaban J connectivity index is 1.40. The molecule has 1 aliphatic rings. The molecule has 8 heteroatoms. The first-order valence-corrected chi connectivity index (χ1v) is 10.3. The molecule has 0 radical (unpaired) electrons. The fourth-order valence-electron chi connectivity index (χ4n) is 3.46. The van der Waals surface area contributed by atoms with Crippen molar-refractivity contribution in [2.24, 2.45) is 0 Å². The van der Waals surface area contributed by atoms with E-state index < -0.39 is 0 Å². The van der Waals surface area contributed by atoms with E-state index >= 15 is 0 Å². The van der Waals surface area contributed by atoms with Crippen molar-refractivity contribution < 1.29 is 13.9 Å². The van der Waals surface area contributed by atoms with Crippen LogP contribution in [0.1, 0.15) is 29.2 Å². The second-order valence-electron chi connectivity index (χ2n) is 7.40. The van der Waals surface area contributed by atoms with Gasteiger partial charge in [-0.15, -0.1) is 10.2 Å². The molecule has 0 saturated heterocycles. The Morgan fingerprint density at radius 1 is 1.16 bits per heavy atom. The smallest absolute Gasteiger partial charge is 0.273 e. The zero-order valence-electron chi connectivity index (χ0n) is 16.8. The lowest BCUT2D eigenvalue weighted by Gasteiger charge is -2.20. The highest BCUT2D eigenvalue weighted by Crippen LogP contribution is 2.31. The fraction of sp³-hybridized carbons (Fsp3) is 0.217. The van der Waals surface area contributed by atoms with E-state index in [0.717, 1.165) is 29.5 Å². The van der Waals surface area contributed by atoms with Crippen molar-refractivity contribution in [2.45, 2.75) is 25.4 Å². The first-order valence-electron chi connectivity index (χ1n) is 9.95. The maximum atomic E-state index is 13.3. The molecule has 0 N–H and O–H groups in total. The van der Waals surface area contributed by atoms with Gasteiger partial charge in [-0.3, -0.25) is 4.79 Å². The summed E-state index contributed by atoms with van der Waals surface area (Å²) in [5.41, 5.74) is 1.79. The van der Waals surface area contributed by atoms with Gasteiger partial charge in [0.05, 0.1) is 29.8 Å². The summed E-state index contributed by atoms with van der Waals surface area (Å²) in [6.45, 7) is 0.225. The molecule has 156 valence electrons. The molecule has 0 unspecified atom stereocenters. The molecule has 2 heterocycles. The van der Waals surface area contributed by atoms with Gasteiger partial charge in [-0.1, -0.05) is 29.8 Å². The number of methoxy groups -OCH3 is 1. The average Bonchev–Trinajstić information content (AvgIpc) is 3.54. The van der Waals surface area contributed by atoms with Gasteiger partial charge in [0.1, 0.15) is 11.4 Å². The van der Waals surface area contributed by atoms with E-state index in [1.807, 2.05) is 42.5 Å². The highest BCUT2D eigenvalue weighted by Gasteiger charge is 2.35. The summed E-state index contributed by atoms with van der Waals surface area (Å²) in [6, 6.07) is 16.6. The number of nitrogens with zero attached hydrogens (tertiary/aromatic N) is 4. The van der Waals surface area contributed by atoms with E-state index in [1.165, 1.54) is 0 Å². The highest BCUT2D eigenvalue weighted by atomic mass is 35.5. The third-order valence-corrected chi connectivity index (χ3v) is 5.57. The molecule has 1 amide bonds. The van der Waals surface area contributed by atoms with Gasteiger partial charge in [-0.05, 0) is 49.2 Å². The zero-order valence-corrected chi connectivity index (χ0v) is 17.5. The van der Waals surface area contributed by atoms with Crippen LogP contribution < -0.4 is 4.74 Å². The first-order chi connectivity index (χ1) is 15.1. The molecule has 1 fully saturated rings. The molecule has 2 aromatic heterocycles. The van der Waals surface area contributed by atoms with Gasteiger partial charge in [0.2, 0.25) is 11.8 Å². The minimum atomic E-state index is -0.155. The predicted octanol–water partition coefficient (Wildman–Crippen LogP) is 4.75. The summed E-state index contributed by atoms with van der Waals surface area (Å²) in [5.74, 6) is 1.29. The lowest BCUT2D eigenvalue weighted by atomic mass is 10.2. The number of benzene rings is 2. The number of hydrogen-bond donors (Lipinski definition) is 0. The monoisotopic (exact) mass is 434 g/mol. The molecule has 1 aliphatic carbocycles. The number of halogens is 1. The van der Waals surface area contributed by atoms with E-state index in [0.29, 0.717) is 28.1 Å². The number of carbonyl (C=O) groups excluding carboxylic acids is 1. The van der Waals surface area contributed by atoms with Crippen LogP contribution in [0.5, 0.6) is 5.75 Å². The Kier molecular flexibility index (Phi) is 5.03. The third-order valence-electron chi connectivity index (χ3n) is 5.24. The zero-order chi connectivity index (χ0) is 21.4. The maximum Gasteiger partial charge on any atom is 0.273 e. The molecular weight excluding hydrogens is 416 g/mol. The Bertz CT molecular complexity index is 1270. The summed E-state index contributed by atoms with van der Waals surface area (Å²) in [7, 11) is 1.62. The lowest BCUT2D eigenvalue weighted by Crippen LogP contribution is -2.33. The molecule has 4 aromatic rings. The number of fused-ring (bicyclic) bond motifs is 1. The molecule has 0 bridgehead atoms. The maximum absolute atomic E-state index is 13.3. The molecule has 1 saturated carbocycles. The standard InChI is InChI=1S/C23H19ClN4O3/c1-30-16-9-11-19-14(12-16)6-10-20(25-19)23(29)28(15-7-8-15)13-21-26-27-22(31-21)17-4-2-3-5-18(17)24/h2-6,9-12,15H,7-8,13H2,1H3. The number of pyridine rings is 1. The molecule has 0 aliphatic heterocycles. The van der Waals surface area contributed by atoms with Crippen LogP contribution in [0.15, 0.2) is 59.0 Å². The van der Waals surface area contributed by atoms with Crippen LogP contribution in [0.3, 0.4) is 0 Å². The predicted molar refractivity (Wildman–Crippen MR) is 116 cm³/mol. The Hall–Kier alpha value is -3.45. The van der Waals surface area contributed by atoms with Gasteiger partial charge in [-0.2, -0.15) is 0 Å². The SMILES string of the molecule is COc1ccc2nc(C(=O)N(Cc3nnc(-c4ccccc4Cl)o3)C3CC3)ccc2c1. The van der Waals surface area contributed by atoms with Crippen LogP contribution in [0.4, 0.5) is 0 Å². The summed E-state index contributed by atoms with van der Waals surface area (Å²) in [5, 5.41) is 9.67. The van der Waals surface area contributed by atoms with Crippen molar-refractivity contribution >= 4 is 28.4 Å². The molecule has 31 heavy (non-hydrogen) atoms. The molecule has 7 nitrogen and oxygen atoms in total. The molecule has 5 rings (SSSR count). The number of aromatic nitrogens is 3. The van der Waals surface area contributed by atoms with Gasteiger partial charge in [0, 0.05) is 11.4 Å². The number of hydrogen-bond acceptors (Lipinski definition) is 6. The number of carbonyl (C=O) groups is 1. The Morgan fingerprint density at radius 3 is 2.77 bits per heavy atom. The minimum Gasteiger partial charge on any atom is -0.497 e. The molecule has 0 atom stereocenters. The van der Waals surface area contributed by atoms with Crippen LogP contribution >= 0.6 is 11.6 Å². The quantitative estimate of drug-likeness (QED) is 0.435. The first kappa shape index (κ1) is 19.5. The van der Waals surface area contributed by atoms with Crippen molar-refractivity contribution in [1.82, 2.24) is 20.1 Å². The summed E-state index contributed by atoms with van der Waals surface area (Å²) in [6.07, 6.45) is 1.89. The van der Waals surface area contributed by atoms with Crippen LogP contribution in [0.25, 0.3) is 22.4 Å². The van der Waals surface area contributed by atoms with Crippen molar-refractivity contribution in [2.75, 3.05) is 7.11 Å². The largest absolute Gasteiger partial charge is 0.497 e. The summed E-state index contributed by atoms with van der Waals surface area (Å²) < 4.78 is 11.1. The van der Waals surface area contributed by atoms with Crippen molar-refractivity contribution in [3.63, 3.8) is 0 Å². The number of ether oxygens (including phenoxy) is 1. The number of rotatable bonds is 6. The van der Waals surface area contributed by atoms with Crippen molar-refractivity contribution in [1.29, 1.82) is 0 Å². The topological polar surface area (TPSA) is 81.4 Å². The minimum absolute atomic E-state index is 0.150. The van der Waals surface area contributed by atoms with E-state index in [-0.39, 0.29) is 18.5 Å². The second kappa shape index (κ2) is 8.00. The average molecular weight is 435 g/mol. The van der Waals surface area contributed by atoms with Crippen LogP contribution in [-0.4, -0.2) is 39.1 Å². The summed E-state index contributed by atoms with van der Waals surface area (Å²) in [4.78, 5) is 19.6. The number of amides is 1. The van der Waals surface area contributed by atoms with Crippen LogP contribution in [0.2, 0.25) is 5.02 Å².